The Kier molecular flexibility index (Phi) is 6.61. The molecule has 6 nitrogen and oxygen atoms in total. The molecule has 1 N–H and O–H groups in total. The minimum absolute atomic E-state index is 0.170. The van der Waals surface area contributed by atoms with Gasteiger partial charge in [0.2, 0.25) is 5.95 Å². The number of imidazole rings is 1. The molecule has 2 aromatic carbocycles. The van der Waals surface area contributed by atoms with Crippen molar-refractivity contribution in [1.29, 1.82) is 0 Å². The van der Waals surface area contributed by atoms with Gasteiger partial charge < -0.3 is 19.5 Å². The minimum Gasteiger partial charge on any atom is -0.417 e. The van der Waals surface area contributed by atoms with Crippen molar-refractivity contribution in [2.45, 2.75) is 26.6 Å². The summed E-state index contributed by atoms with van der Waals surface area (Å²) >= 11 is 9.66. The van der Waals surface area contributed by atoms with Crippen LogP contribution in [0.25, 0.3) is 11.0 Å². The minimum atomic E-state index is -5.11. The predicted molar refractivity (Wildman–Crippen MR) is 124 cm³/mol. The van der Waals surface area contributed by atoms with Crippen LogP contribution in [0.1, 0.15) is 16.7 Å². The van der Waals surface area contributed by atoms with Crippen LogP contribution in [-0.4, -0.2) is 47.9 Å². The van der Waals surface area contributed by atoms with Crippen molar-refractivity contribution in [3.05, 3.63) is 50.5 Å². The van der Waals surface area contributed by atoms with Gasteiger partial charge in [-0.2, -0.15) is 13.2 Å². The second-order valence-corrected chi connectivity index (χ2v) is 9.15. The Morgan fingerprint density at radius 1 is 1.24 bits per heavy atom. The van der Waals surface area contributed by atoms with Gasteiger partial charge in [-0.3, -0.25) is 0 Å². The van der Waals surface area contributed by atoms with Crippen LogP contribution in [0.15, 0.2) is 28.7 Å². The quantitative estimate of drug-likeness (QED) is 0.370. The molecule has 176 valence electrons. The highest BCUT2D eigenvalue weighted by molar-refractivity contribution is 9.10. The van der Waals surface area contributed by atoms with Crippen molar-refractivity contribution < 1.29 is 22.7 Å². The topological polar surface area (TPSA) is 59.4 Å². The lowest BCUT2D eigenvalue weighted by atomic mass is 10.1. The van der Waals surface area contributed by atoms with E-state index in [0.29, 0.717) is 47.2 Å². The fourth-order valence-corrected chi connectivity index (χ4v) is 4.24. The van der Waals surface area contributed by atoms with Gasteiger partial charge in [0.05, 0.1) is 17.1 Å². The Hall–Kier alpha value is -2.30. The van der Waals surface area contributed by atoms with E-state index in [0.717, 1.165) is 23.1 Å². The third-order valence-electron chi connectivity index (χ3n) is 5.64. The zero-order valence-corrected chi connectivity index (χ0v) is 20.2. The van der Waals surface area contributed by atoms with Crippen LogP contribution in [0.3, 0.4) is 0 Å². The van der Waals surface area contributed by atoms with E-state index in [1.807, 2.05) is 28.8 Å². The first-order valence-corrected chi connectivity index (χ1v) is 11.4. The monoisotopic (exact) mass is 544 g/mol. The lowest BCUT2D eigenvalue weighted by Gasteiger charge is -2.29. The van der Waals surface area contributed by atoms with Gasteiger partial charge in [-0.1, -0.05) is 17.7 Å². The Morgan fingerprint density at radius 2 is 1.94 bits per heavy atom. The zero-order chi connectivity index (χ0) is 23.9. The summed E-state index contributed by atoms with van der Waals surface area (Å²) < 4.78 is 46.4. The number of nitrogens with zero attached hydrogens (tertiary/aromatic N) is 3. The molecule has 0 spiro atoms. The lowest BCUT2D eigenvalue weighted by Crippen LogP contribution is -2.44. The average Bonchev–Trinajstić information content (AvgIpc) is 3.11. The molecular formula is C22H21BrClF3N4O2. The summed E-state index contributed by atoms with van der Waals surface area (Å²) in [7, 11) is 0. The van der Waals surface area contributed by atoms with Crippen LogP contribution in [0.4, 0.5) is 19.1 Å². The molecule has 0 saturated carbocycles. The number of carbonyl (C=O) groups excluding carboxylic acids is 1. The smallest absolute Gasteiger partial charge is 0.417 e. The Bertz CT molecular complexity index is 1220. The van der Waals surface area contributed by atoms with Crippen molar-refractivity contribution in [2.24, 2.45) is 0 Å². The summed E-state index contributed by atoms with van der Waals surface area (Å²) in [5, 5.41) is 3.83. The van der Waals surface area contributed by atoms with Crippen LogP contribution in [0.2, 0.25) is 5.02 Å². The molecule has 1 aliphatic heterocycles. The molecular weight excluding hydrogens is 525 g/mol. The second kappa shape index (κ2) is 9.15. The van der Waals surface area contributed by atoms with Crippen molar-refractivity contribution in [1.82, 2.24) is 14.9 Å². The Labute approximate surface area is 201 Å². The van der Waals surface area contributed by atoms with Gasteiger partial charge >= 0.3 is 12.1 Å². The first-order chi connectivity index (χ1) is 15.6. The summed E-state index contributed by atoms with van der Waals surface area (Å²) in [5.74, 6) is -1.84. The number of alkyl halides is 3. The number of nitrogens with one attached hydrogen (secondary N) is 1. The molecule has 3 aromatic rings. The summed E-state index contributed by atoms with van der Waals surface area (Å²) in [6.45, 7) is 6.63. The molecule has 0 radical (unpaired) electrons. The van der Waals surface area contributed by atoms with Crippen LogP contribution in [0.5, 0.6) is 5.75 Å². The number of halogens is 5. The van der Waals surface area contributed by atoms with Crippen molar-refractivity contribution in [3.63, 3.8) is 0 Å². The summed E-state index contributed by atoms with van der Waals surface area (Å²) in [6, 6.07) is 7.43. The number of esters is 1. The molecule has 0 bridgehead atoms. The molecule has 11 heteroatoms. The van der Waals surface area contributed by atoms with E-state index in [2.05, 4.69) is 31.1 Å². The number of carbonyl (C=O) groups is 1. The Morgan fingerprint density at radius 3 is 2.58 bits per heavy atom. The molecule has 0 amide bonds. The van der Waals surface area contributed by atoms with Crippen molar-refractivity contribution >= 4 is 50.5 Å². The summed E-state index contributed by atoms with van der Waals surface area (Å²) in [6.07, 6.45) is -5.11. The van der Waals surface area contributed by atoms with Gasteiger partial charge in [0.1, 0.15) is 5.52 Å². The van der Waals surface area contributed by atoms with Gasteiger partial charge in [-0.25, -0.2) is 9.78 Å². The fourth-order valence-electron chi connectivity index (χ4n) is 3.79. The summed E-state index contributed by atoms with van der Waals surface area (Å²) in [5.41, 5.74) is 2.81. The number of hydrogen-bond donors (Lipinski definition) is 1. The largest absolute Gasteiger partial charge is 0.491 e. The first-order valence-electron chi connectivity index (χ1n) is 10.3. The lowest BCUT2D eigenvalue weighted by molar-refractivity contribution is -0.189. The van der Waals surface area contributed by atoms with E-state index >= 15 is 0 Å². The van der Waals surface area contributed by atoms with Crippen LogP contribution >= 0.6 is 27.5 Å². The molecule has 1 aromatic heterocycles. The SMILES string of the molecule is Cc1cc2c(nc(N3CCNCC3)n2Cc2ccc(Br)c(Cl)c2)c(OC(=O)C(F)(F)F)c1C. The van der Waals surface area contributed by atoms with E-state index in [9.17, 15) is 18.0 Å². The van der Waals surface area contributed by atoms with Crippen LogP contribution in [0, 0.1) is 13.8 Å². The van der Waals surface area contributed by atoms with Gasteiger partial charge in [0.25, 0.3) is 0 Å². The molecule has 0 unspecified atom stereocenters. The van der Waals surface area contributed by atoms with Crippen LogP contribution < -0.4 is 15.0 Å². The van der Waals surface area contributed by atoms with Gasteiger partial charge in [-0.05, 0) is 64.7 Å². The number of aryl methyl sites for hydroxylation is 1. The Balaban J connectivity index is 1.89. The summed E-state index contributed by atoms with van der Waals surface area (Å²) in [4.78, 5) is 18.4. The highest BCUT2D eigenvalue weighted by Gasteiger charge is 2.42. The maximum atomic E-state index is 13.0. The number of benzene rings is 2. The van der Waals surface area contributed by atoms with Crippen molar-refractivity contribution in [3.8, 4) is 5.75 Å². The second-order valence-electron chi connectivity index (χ2n) is 7.89. The normalized spacial score (nSPS) is 14.7. The number of fused-ring (bicyclic) bond motifs is 1. The number of ether oxygens (including phenoxy) is 1. The number of rotatable bonds is 4. The average molecular weight is 546 g/mol. The molecule has 33 heavy (non-hydrogen) atoms. The van der Waals surface area contributed by atoms with E-state index in [1.165, 1.54) is 0 Å². The van der Waals surface area contributed by atoms with E-state index < -0.39 is 12.1 Å². The number of aromatic nitrogens is 2. The number of hydrogen-bond acceptors (Lipinski definition) is 5. The molecule has 1 aliphatic rings. The molecule has 1 fully saturated rings. The van der Waals surface area contributed by atoms with Crippen molar-refractivity contribution in [2.75, 3.05) is 31.1 Å². The number of piperazine rings is 1. The standard InChI is InChI=1S/C22H21BrClF3N4O2/c1-12-9-17-18(19(13(12)2)33-20(32)22(25,26)27)29-21(30-7-5-28-6-8-30)31(17)11-14-3-4-15(23)16(24)10-14/h3-4,9-10,28H,5-8,11H2,1-2H3. The van der Waals surface area contributed by atoms with E-state index in [4.69, 9.17) is 16.3 Å². The number of anilines is 1. The maximum absolute atomic E-state index is 13.0. The molecule has 4 rings (SSSR count). The molecule has 0 aliphatic carbocycles. The van der Waals surface area contributed by atoms with Gasteiger partial charge in [0.15, 0.2) is 5.75 Å². The first kappa shape index (κ1) is 23.8. The third-order valence-corrected chi connectivity index (χ3v) is 6.87. The van der Waals surface area contributed by atoms with Gasteiger partial charge in [-0.15, -0.1) is 0 Å². The fraction of sp³-hybridized carbons (Fsp3) is 0.364. The molecule has 2 heterocycles. The zero-order valence-electron chi connectivity index (χ0n) is 17.9. The maximum Gasteiger partial charge on any atom is 0.491 e. The highest BCUT2D eigenvalue weighted by Crippen LogP contribution is 2.37. The molecule has 0 atom stereocenters. The third kappa shape index (κ3) is 4.83. The van der Waals surface area contributed by atoms with E-state index in [-0.39, 0.29) is 11.3 Å². The predicted octanol–water partition coefficient (Wildman–Crippen LogP) is 4.99. The van der Waals surface area contributed by atoms with Gasteiger partial charge in [0, 0.05) is 30.7 Å². The molecule has 1 saturated heterocycles. The van der Waals surface area contributed by atoms with Crippen LogP contribution in [-0.2, 0) is 11.3 Å². The van der Waals surface area contributed by atoms with E-state index in [1.54, 1.807) is 13.8 Å². The highest BCUT2D eigenvalue weighted by atomic mass is 79.9.